The number of carbonyl (C=O) groups is 4. The van der Waals surface area contributed by atoms with E-state index in [1.165, 1.54) is 51.4 Å². The van der Waals surface area contributed by atoms with Crippen molar-refractivity contribution in [3.8, 4) is 0 Å². The fourth-order valence-corrected chi connectivity index (χ4v) is 10.2. The maximum atomic E-state index is 13.7. The summed E-state index contributed by atoms with van der Waals surface area (Å²) in [4.78, 5) is 62.8. The van der Waals surface area contributed by atoms with E-state index in [-0.39, 0.29) is 59.1 Å². The summed E-state index contributed by atoms with van der Waals surface area (Å²) in [5.41, 5.74) is 0. The monoisotopic (exact) mass is 582 g/mol. The number of rotatable bonds is 12. The smallest absolute Gasteiger partial charge is 0.232 e. The van der Waals surface area contributed by atoms with Crippen molar-refractivity contribution in [2.75, 3.05) is 53.4 Å². The van der Waals surface area contributed by atoms with Crippen molar-refractivity contribution in [1.29, 1.82) is 0 Å². The van der Waals surface area contributed by atoms with Gasteiger partial charge in [0.1, 0.15) is 0 Å². The molecule has 4 atom stereocenters. The minimum absolute atomic E-state index is 0.0357. The Kier molecular flexibility index (Phi) is 9.40. The molecular weight excluding hydrogens is 528 g/mol. The van der Waals surface area contributed by atoms with Crippen LogP contribution < -0.4 is 0 Å². The molecule has 4 saturated carbocycles. The SMILES string of the molecule is CN(CCCN1C(=O)C2CCC3C(=O)N(CCCN(C)CC4CCCC4)C(=O)C4CCC(C1=O)C2C34)CC1CCCC1. The molecule has 6 aliphatic rings. The van der Waals surface area contributed by atoms with Crippen LogP contribution in [0.2, 0.25) is 0 Å². The fourth-order valence-electron chi connectivity index (χ4n) is 10.2. The molecule has 6 fully saturated rings. The summed E-state index contributed by atoms with van der Waals surface area (Å²) in [6.45, 7) is 4.99. The maximum absolute atomic E-state index is 13.7. The number of hydrogen-bond acceptors (Lipinski definition) is 6. The van der Waals surface area contributed by atoms with E-state index in [0.717, 1.165) is 50.9 Å². The van der Waals surface area contributed by atoms with Gasteiger partial charge < -0.3 is 9.80 Å². The first-order chi connectivity index (χ1) is 20.3. The minimum Gasteiger partial charge on any atom is -0.306 e. The standard InChI is InChI=1S/C34H54N4O4/c1-35(21-23-9-3-4-10-23)17-7-19-37-31(39)25-13-15-27-30-28(16-14-26(29(25)30)32(37)40)34(42)38(33(27)41)20-8-18-36(2)22-24-11-5-6-12-24/h23-30H,3-22H2,1-2H3. The van der Waals surface area contributed by atoms with E-state index in [1.807, 2.05) is 0 Å². The van der Waals surface area contributed by atoms with Crippen molar-refractivity contribution in [2.24, 2.45) is 47.3 Å². The maximum Gasteiger partial charge on any atom is 0.232 e. The normalized spacial score (nSPS) is 33.9. The van der Waals surface area contributed by atoms with Crippen molar-refractivity contribution in [3.63, 3.8) is 0 Å². The first-order valence-corrected chi connectivity index (χ1v) is 17.4. The van der Waals surface area contributed by atoms with Crippen LogP contribution in [0.1, 0.15) is 89.9 Å². The predicted molar refractivity (Wildman–Crippen MR) is 161 cm³/mol. The summed E-state index contributed by atoms with van der Waals surface area (Å²) < 4.78 is 0. The van der Waals surface area contributed by atoms with E-state index in [4.69, 9.17) is 0 Å². The van der Waals surface area contributed by atoms with E-state index in [1.54, 1.807) is 9.80 Å². The average molecular weight is 583 g/mol. The third-order valence-electron chi connectivity index (χ3n) is 12.1. The zero-order valence-electron chi connectivity index (χ0n) is 26.2. The summed E-state index contributed by atoms with van der Waals surface area (Å²) in [7, 11) is 4.32. The van der Waals surface area contributed by atoms with Crippen molar-refractivity contribution in [3.05, 3.63) is 0 Å². The highest BCUT2D eigenvalue weighted by molar-refractivity contribution is 6.03. The Morgan fingerprint density at radius 2 is 0.833 bits per heavy atom. The van der Waals surface area contributed by atoms with Crippen LogP contribution in [0.4, 0.5) is 0 Å². The number of likely N-dealkylation sites (tertiary alicyclic amines) is 2. The molecule has 0 aromatic heterocycles. The predicted octanol–water partition coefficient (Wildman–Crippen LogP) is 4.03. The number of nitrogens with zero attached hydrogens (tertiary/aromatic N) is 4. The van der Waals surface area contributed by atoms with Crippen molar-refractivity contribution < 1.29 is 19.2 Å². The number of amides is 4. The number of imide groups is 2. The largest absolute Gasteiger partial charge is 0.306 e. The molecule has 6 rings (SSSR count). The molecule has 0 spiro atoms. The van der Waals surface area contributed by atoms with Gasteiger partial charge in [0.2, 0.25) is 23.6 Å². The van der Waals surface area contributed by atoms with Gasteiger partial charge in [0.25, 0.3) is 0 Å². The van der Waals surface area contributed by atoms with Crippen molar-refractivity contribution in [2.45, 2.75) is 89.9 Å². The molecule has 42 heavy (non-hydrogen) atoms. The minimum atomic E-state index is -0.218. The summed E-state index contributed by atoms with van der Waals surface area (Å²) >= 11 is 0. The van der Waals surface area contributed by atoms with Gasteiger partial charge in [0.05, 0.1) is 0 Å². The molecule has 2 aliphatic heterocycles. The van der Waals surface area contributed by atoms with Crippen LogP contribution in [-0.2, 0) is 19.2 Å². The molecule has 4 amide bonds. The Bertz CT molecular complexity index is 893. The van der Waals surface area contributed by atoms with Gasteiger partial charge in [-0.15, -0.1) is 0 Å². The zero-order valence-corrected chi connectivity index (χ0v) is 26.2. The third-order valence-corrected chi connectivity index (χ3v) is 12.1. The molecule has 4 aliphatic carbocycles. The molecule has 8 heteroatoms. The molecule has 0 bridgehead atoms. The number of carbonyl (C=O) groups excluding carboxylic acids is 4. The molecule has 0 N–H and O–H groups in total. The molecule has 2 saturated heterocycles. The van der Waals surface area contributed by atoms with Crippen LogP contribution in [0.25, 0.3) is 0 Å². The topological polar surface area (TPSA) is 81.2 Å². The average Bonchev–Trinajstić information content (AvgIpc) is 3.69. The van der Waals surface area contributed by atoms with E-state index in [2.05, 4.69) is 23.9 Å². The van der Waals surface area contributed by atoms with Gasteiger partial charge in [-0.2, -0.15) is 0 Å². The lowest BCUT2D eigenvalue weighted by Crippen LogP contribution is -2.66. The van der Waals surface area contributed by atoms with Crippen LogP contribution in [0.15, 0.2) is 0 Å². The van der Waals surface area contributed by atoms with Gasteiger partial charge in [-0.3, -0.25) is 29.0 Å². The molecule has 0 radical (unpaired) electrons. The first kappa shape index (κ1) is 30.2. The van der Waals surface area contributed by atoms with Gasteiger partial charge in [0.15, 0.2) is 0 Å². The lowest BCUT2D eigenvalue weighted by atomic mass is 9.50. The fraction of sp³-hybridized carbons (Fsp3) is 0.882. The molecular formula is C34H54N4O4. The van der Waals surface area contributed by atoms with E-state index < -0.39 is 0 Å². The van der Waals surface area contributed by atoms with Gasteiger partial charge in [0, 0.05) is 49.9 Å². The van der Waals surface area contributed by atoms with Gasteiger partial charge in [-0.05, 0) is 115 Å². The number of piperidine rings is 2. The zero-order chi connectivity index (χ0) is 29.4. The summed E-state index contributed by atoms with van der Waals surface area (Å²) in [6, 6.07) is 0. The second-order valence-corrected chi connectivity index (χ2v) is 14.9. The number of hydrogen-bond donors (Lipinski definition) is 0. The molecule has 2 heterocycles. The molecule has 8 nitrogen and oxygen atoms in total. The lowest BCUT2D eigenvalue weighted by molar-refractivity contribution is -0.185. The van der Waals surface area contributed by atoms with Crippen LogP contribution in [0.5, 0.6) is 0 Å². The van der Waals surface area contributed by atoms with Crippen molar-refractivity contribution in [1.82, 2.24) is 19.6 Å². The first-order valence-electron chi connectivity index (χ1n) is 17.4. The van der Waals surface area contributed by atoms with Crippen LogP contribution >= 0.6 is 0 Å². The van der Waals surface area contributed by atoms with Crippen LogP contribution in [0.3, 0.4) is 0 Å². The molecule has 234 valence electrons. The van der Waals surface area contributed by atoms with E-state index >= 15 is 0 Å². The quantitative estimate of drug-likeness (QED) is 0.323. The molecule has 0 aromatic carbocycles. The Hall–Kier alpha value is -1.80. The summed E-state index contributed by atoms with van der Waals surface area (Å²) in [5, 5.41) is 0. The van der Waals surface area contributed by atoms with Gasteiger partial charge >= 0.3 is 0 Å². The second-order valence-electron chi connectivity index (χ2n) is 14.9. The van der Waals surface area contributed by atoms with Gasteiger partial charge in [-0.25, -0.2) is 0 Å². The Morgan fingerprint density at radius 1 is 0.524 bits per heavy atom. The highest BCUT2D eigenvalue weighted by Crippen LogP contribution is 2.57. The lowest BCUT2D eigenvalue weighted by Gasteiger charge is -2.57. The highest BCUT2D eigenvalue weighted by Gasteiger charge is 2.62. The second kappa shape index (κ2) is 13.1. The van der Waals surface area contributed by atoms with E-state index in [0.29, 0.717) is 38.8 Å². The molecule has 4 unspecified atom stereocenters. The Morgan fingerprint density at radius 3 is 1.14 bits per heavy atom. The van der Waals surface area contributed by atoms with Gasteiger partial charge in [-0.1, -0.05) is 25.7 Å². The van der Waals surface area contributed by atoms with Crippen LogP contribution in [-0.4, -0.2) is 96.6 Å². The Balaban J connectivity index is 1.05. The van der Waals surface area contributed by atoms with Crippen LogP contribution in [0, 0.1) is 47.3 Å². The highest BCUT2D eigenvalue weighted by atomic mass is 16.2. The summed E-state index contributed by atoms with van der Waals surface area (Å²) in [5.74, 6) is 0.282. The van der Waals surface area contributed by atoms with E-state index in [9.17, 15) is 19.2 Å². The van der Waals surface area contributed by atoms with Crippen molar-refractivity contribution >= 4 is 23.6 Å². The summed E-state index contributed by atoms with van der Waals surface area (Å²) in [6.07, 6.45) is 14.9. The molecule has 0 aromatic rings. The Labute approximate surface area is 252 Å². The third kappa shape index (κ3) is 5.96.